The standard InChI is InChI=1S/C14H21N5OS/c1-5-8-20-14-18-12(15-4)17-13(19-14)16-10(3)11-7-6-9(2)21-11/h6-7,10H,5,8H2,1-4H3,(H2,15,16,17,18,19). The molecule has 7 heteroatoms. The average Bonchev–Trinajstić information content (AvgIpc) is 2.91. The van der Waals surface area contributed by atoms with Crippen LogP contribution in [-0.2, 0) is 0 Å². The van der Waals surface area contributed by atoms with Crippen LogP contribution in [0.2, 0.25) is 0 Å². The number of aryl methyl sites for hydroxylation is 1. The highest BCUT2D eigenvalue weighted by molar-refractivity contribution is 7.12. The Morgan fingerprint density at radius 2 is 2.00 bits per heavy atom. The van der Waals surface area contributed by atoms with Crippen molar-refractivity contribution >= 4 is 23.2 Å². The molecule has 2 aromatic heterocycles. The molecule has 0 aliphatic rings. The maximum absolute atomic E-state index is 5.49. The molecule has 2 N–H and O–H groups in total. The summed E-state index contributed by atoms with van der Waals surface area (Å²) in [4.78, 5) is 15.3. The summed E-state index contributed by atoms with van der Waals surface area (Å²) >= 11 is 1.76. The first-order chi connectivity index (χ1) is 10.1. The number of thiophene rings is 1. The molecule has 2 heterocycles. The van der Waals surface area contributed by atoms with Crippen molar-refractivity contribution in [1.82, 2.24) is 15.0 Å². The van der Waals surface area contributed by atoms with Gasteiger partial charge in [-0.3, -0.25) is 0 Å². The average molecular weight is 307 g/mol. The summed E-state index contributed by atoms with van der Waals surface area (Å²) in [7, 11) is 1.77. The predicted octanol–water partition coefficient (Wildman–Crippen LogP) is 3.25. The molecule has 114 valence electrons. The molecule has 0 radical (unpaired) electrons. The van der Waals surface area contributed by atoms with Gasteiger partial charge >= 0.3 is 6.01 Å². The molecule has 0 amide bonds. The summed E-state index contributed by atoms with van der Waals surface area (Å²) < 4.78 is 5.49. The van der Waals surface area contributed by atoms with Gasteiger partial charge in [-0.15, -0.1) is 11.3 Å². The molecule has 0 spiro atoms. The highest BCUT2D eigenvalue weighted by Crippen LogP contribution is 2.25. The number of ether oxygens (including phenoxy) is 1. The highest BCUT2D eigenvalue weighted by Gasteiger charge is 2.12. The van der Waals surface area contributed by atoms with Crippen molar-refractivity contribution in [2.24, 2.45) is 0 Å². The highest BCUT2D eigenvalue weighted by atomic mass is 32.1. The molecule has 21 heavy (non-hydrogen) atoms. The van der Waals surface area contributed by atoms with E-state index in [0.717, 1.165) is 6.42 Å². The molecule has 0 saturated heterocycles. The van der Waals surface area contributed by atoms with Crippen molar-refractivity contribution < 1.29 is 4.74 Å². The third-order valence-corrected chi connectivity index (χ3v) is 3.99. The van der Waals surface area contributed by atoms with Crippen LogP contribution < -0.4 is 15.4 Å². The SMILES string of the molecule is CCCOc1nc(NC)nc(NC(C)c2ccc(C)s2)n1. The van der Waals surface area contributed by atoms with Crippen LogP contribution in [0.15, 0.2) is 12.1 Å². The summed E-state index contributed by atoms with van der Waals surface area (Å²) in [6.07, 6.45) is 0.911. The van der Waals surface area contributed by atoms with Gasteiger partial charge in [-0.2, -0.15) is 15.0 Å². The molecule has 1 unspecified atom stereocenters. The number of hydrogen-bond donors (Lipinski definition) is 2. The van der Waals surface area contributed by atoms with Crippen LogP contribution in [0.4, 0.5) is 11.9 Å². The molecule has 2 aromatic rings. The first-order valence-electron chi connectivity index (χ1n) is 7.02. The number of rotatable bonds is 7. The van der Waals surface area contributed by atoms with Gasteiger partial charge in [0, 0.05) is 16.8 Å². The van der Waals surface area contributed by atoms with Crippen molar-refractivity contribution in [2.75, 3.05) is 24.3 Å². The van der Waals surface area contributed by atoms with E-state index in [1.807, 2.05) is 6.92 Å². The van der Waals surface area contributed by atoms with Gasteiger partial charge < -0.3 is 15.4 Å². The van der Waals surface area contributed by atoms with Crippen LogP contribution in [0.25, 0.3) is 0 Å². The zero-order valence-electron chi connectivity index (χ0n) is 12.8. The van der Waals surface area contributed by atoms with Crippen molar-refractivity contribution in [3.05, 3.63) is 21.9 Å². The van der Waals surface area contributed by atoms with E-state index in [0.29, 0.717) is 24.5 Å². The van der Waals surface area contributed by atoms with Gasteiger partial charge in [0.05, 0.1) is 12.6 Å². The molecule has 0 aliphatic heterocycles. The molecule has 0 fully saturated rings. The van der Waals surface area contributed by atoms with Crippen LogP contribution in [-0.4, -0.2) is 28.6 Å². The topological polar surface area (TPSA) is 72.0 Å². The largest absolute Gasteiger partial charge is 0.463 e. The van der Waals surface area contributed by atoms with Gasteiger partial charge in [0.2, 0.25) is 11.9 Å². The number of anilines is 2. The van der Waals surface area contributed by atoms with E-state index in [1.54, 1.807) is 18.4 Å². The van der Waals surface area contributed by atoms with Gasteiger partial charge in [0.1, 0.15) is 0 Å². The van der Waals surface area contributed by atoms with Crippen molar-refractivity contribution in [3.8, 4) is 6.01 Å². The fourth-order valence-electron chi connectivity index (χ4n) is 1.74. The predicted molar refractivity (Wildman–Crippen MR) is 86.3 cm³/mol. The van der Waals surface area contributed by atoms with Crippen LogP contribution in [0.5, 0.6) is 6.01 Å². The van der Waals surface area contributed by atoms with Gasteiger partial charge in [0.25, 0.3) is 0 Å². The third-order valence-electron chi connectivity index (χ3n) is 2.81. The normalized spacial score (nSPS) is 12.0. The van der Waals surface area contributed by atoms with Crippen LogP contribution in [0, 0.1) is 6.92 Å². The molecule has 0 aromatic carbocycles. The van der Waals surface area contributed by atoms with E-state index in [4.69, 9.17) is 4.74 Å². The summed E-state index contributed by atoms with van der Waals surface area (Å²) in [5.74, 6) is 1.01. The molecular formula is C14H21N5OS. The van der Waals surface area contributed by atoms with Crippen LogP contribution >= 0.6 is 11.3 Å². The molecule has 1 atom stereocenters. The lowest BCUT2D eigenvalue weighted by molar-refractivity contribution is 0.292. The second-order valence-electron chi connectivity index (χ2n) is 4.68. The second kappa shape index (κ2) is 7.21. The Labute approximate surface area is 129 Å². The van der Waals surface area contributed by atoms with E-state index >= 15 is 0 Å². The van der Waals surface area contributed by atoms with Crippen LogP contribution in [0.1, 0.15) is 36.1 Å². The monoisotopic (exact) mass is 307 g/mol. The molecule has 0 aliphatic carbocycles. The van der Waals surface area contributed by atoms with E-state index < -0.39 is 0 Å². The Balaban J connectivity index is 2.14. The molecular weight excluding hydrogens is 286 g/mol. The first-order valence-corrected chi connectivity index (χ1v) is 7.83. The molecule has 0 saturated carbocycles. The maximum atomic E-state index is 5.49. The summed E-state index contributed by atoms with van der Waals surface area (Å²) in [6.45, 7) is 6.81. The van der Waals surface area contributed by atoms with E-state index in [-0.39, 0.29) is 6.04 Å². The zero-order valence-corrected chi connectivity index (χ0v) is 13.6. The maximum Gasteiger partial charge on any atom is 0.323 e. The number of nitrogens with zero attached hydrogens (tertiary/aromatic N) is 3. The number of hydrogen-bond acceptors (Lipinski definition) is 7. The first kappa shape index (κ1) is 15.5. The number of nitrogens with one attached hydrogen (secondary N) is 2. The minimum Gasteiger partial charge on any atom is -0.463 e. The summed E-state index contributed by atoms with van der Waals surface area (Å²) in [5.41, 5.74) is 0. The fraction of sp³-hybridized carbons (Fsp3) is 0.500. The lowest BCUT2D eigenvalue weighted by Crippen LogP contribution is -2.12. The molecule has 6 nitrogen and oxygen atoms in total. The lowest BCUT2D eigenvalue weighted by atomic mass is 10.3. The Morgan fingerprint density at radius 3 is 2.62 bits per heavy atom. The summed E-state index contributed by atoms with van der Waals surface area (Å²) in [6, 6.07) is 4.70. The third kappa shape index (κ3) is 4.29. The van der Waals surface area contributed by atoms with E-state index in [9.17, 15) is 0 Å². The van der Waals surface area contributed by atoms with E-state index in [1.165, 1.54) is 9.75 Å². The van der Waals surface area contributed by atoms with E-state index in [2.05, 4.69) is 51.6 Å². The van der Waals surface area contributed by atoms with Gasteiger partial charge in [-0.1, -0.05) is 6.92 Å². The zero-order chi connectivity index (χ0) is 15.2. The minimum atomic E-state index is 0.134. The lowest BCUT2D eigenvalue weighted by Gasteiger charge is -2.13. The van der Waals surface area contributed by atoms with Crippen LogP contribution in [0.3, 0.4) is 0 Å². The second-order valence-corrected chi connectivity index (χ2v) is 6.00. The Kier molecular flexibility index (Phi) is 5.32. The number of aromatic nitrogens is 3. The van der Waals surface area contributed by atoms with Gasteiger partial charge in [-0.05, 0) is 32.4 Å². The van der Waals surface area contributed by atoms with Crippen molar-refractivity contribution in [3.63, 3.8) is 0 Å². The Hall–Kier alpha value is -1.89. The van der Waals surface area contributed by atoms with Crippen molar-refractivity contribution in [1.29, 1.82) is 0 Å². The quantitative estimate of drug-likeness (QED) is 0.818. The van der Waals surface area contributed by atoms with Gasteiger partial charge in [0.15, 0.2) is 0 Å². The Morgan fingerprint density at radius 1 is 1.24 bits per heavy atom. The minimum absolute atomic E-state index is 0.134. The fourth-order valence-corrected chi connectivity index (χ4v) is 2.62. The van der Waals surface area contributed by atoms with Gasteiger partial charge in [-0.25, -0.2) is 0 Å². The Bertz CT molecular complexity index is 586. The molecule has 2 rings (SSSR count). The summed E-state index contributed by atoms with van der Waals surface area (Å²) in [5, 5.41) is 6.21. The van der Waals surface area contributed by atoms with Crippen molar-refractivity contribution in [2.45, 2.75) is 33.2 Å². The molecule has 0 bridgehead atoms. The smallest absolute Gasteiger partial charge is 0.323 e.